The van der Waals surface area contributed by atoms with E-state index in [-0.39, 0.29) is 0 Å². The van der Waals surface area contributed by atoms with Crippen LogP contribution in [0.1, 0.15) is 11.1 Å². The third kappa shape index (κ3) is 2.92. The Labute approximate surface area is 141 Å². The molecular weight excluding hydrogens is 294 g/mol. The number of hydrogen-bond acceptors (Lipinski definition) is 3. The molecule has 3 nitrogen and oxygen atoms in total. The van der Waals surface area contributed by atoms with E-state index in [1.807, 2.05) is 71.8 Å². The largest absolute Gasteiger partial charge is 0.277 e. The first-order chi connectivity index (χ1) is 11.9. The van der Waals surface area contributed by atoms with Crippen LogP contribution in [0.3, 0.4) is 0 Å². The number of para-hydroxylation sites is 1. The molecule has 0 radical (unpaired) electrons. The van der Waals surface area contributed by atoms with Crippen LogP contribution in [-0.4, -0.2) is 5.71 Å². The minimum absolute atomic E-state index is 0.928. The molecule has 0 fully saturated rings. The summed E-state index contributed by atoms with van der Waals surface area (Å²) >= 11 is 0. The van der Waals surface area contributed by atoms with Crippen LogP contribution in [-0.2, 0) is 0 Å². The van der Waals surface area contributed by atoms with Crippen LogP contribution in [0.4, 0.5) is 5.69 Å². The molecule has 0 aliphatic carbocycles. The van der Waals surface area contributed by atoms with E-state index in [9.17, 15) is 0 Å². The van der Waals surface area contributed by atoms with Gasteiger partial charge in [0.15, 0.2) is 0 Å². The number of hydrogen-bond donors (Lipinski definition) is 1. The van der Waals surface area contributed by atoms with Crippen molar-refractivity contribution >= 4 is 17.1 Å². The SMILES string of the molecule is C1=C(c2ccccc2)NN(c2ccccc2)N=C1c1ccccc1. The Hall–Kier alpha value is -3.33. The van der Waals surface area contributed by atoms with Crippen LogP contribution in [0.15, 0.2) is 102 Å². The fourth-order valence-corrected chi connectivity index (χ4v) is 2.65. The second-order valence-electron chi connectivity index (χ2n) is 5.53. The maximum absolute atomic E-state index is 4.76. The van der Waals surface area contributed by atoms with Gasteiger partial charge in [0.1, 0.15) is 0 Å². The summed E-state index contributed by atoms with van der Waals surface area (Å²) in [5.41, 5.74) is 8.55. The third-order valence-electron chi connectivity index (χ3n) is 3.87. The van der Waals surface area contributed by atoms with Crippen molar-refractivity contribution < 1.29 is 0 Å². The number of hydrazine groups is 1. The summed E-state index contributed by atoms with van der Waals surface area (Å²) in [7, 11) is 0. The number of hydrazone groups is 1. The molecule has 4 rings (SSSR count). The lowest BCUT2D eigenvalue weighted by atomic mass is 10.1. The van der Waals surface area contributed by atoms with Crippen molar-refractivity contribution in [1.29, 1.82) is 0 Å². The normalized spacial score (nSPS) is 13.8. The first kappa shape index (κ1) is 14.3. The lowest BCUT2D eigenvalue weighted by Crippen LogP contribution is -2.36. The zero-order valence-corrected chi connectivity index (χ0v) is 13.1. The Balaban J connectivity index is 1.79. The number of rotatable bonds is 3. The van der Waals surface area contributed by atoms with Crippen LogP contribution < -0.4 is 10.5 Å². The zero-order chi connectivity index (χ0) is 16.2. The molecule has 0 amide bonds. The third-order valence-corrected chi connectivity index (χ3v) is 3.87. The molecule has 0 aromatic heterocycles. The van der Waals surface area contributed by atoms with E-state index in [0.29, 0.717) is 0 Å². The Bertz CT molecular complexity index is 869. The van der Waals surface area contributed by atoms with Gasteiger partial charge in [0.2, 0.25) is 0 Å². The second kappa shape index (κ2) is 6.42. The molecular formula is C21H17N3. The van der Waals surface area contributed by atoms with Crippen molar-refractivity contribution in [3.63, 3.8) is 0 Å². The molecule has 0 saturated carbocycles. The van der Waals surface area contributed by atoms with Gasteiger partial charge in [0.05, 0.1) is 17.1 Å². The summed E-state index contributed by atoms with van der Waals surface area (Å²) in [4.78, 5) is 0. The van der Waals surface area contributed by atoms with Gasteiger partial charge in [-0.05, 0) is 23.8 Å². The van der Waals surface area contributed by atoms with Gasteiger partial charge in [-0.25, -0.2) is 0 Å². The summed E-state index contributed by atoms with van der Waals surface area (Å²) in [6.07, 6.45) is 2.09. The highest BCUT2D eigenvalue weighted by Crippen LogP contribution is 2.22. The quantitative estimate of drug-likeness (QED) is 0.773. The van der Waals surface area contributed by atoms with Gasteiger partial charge in [-0.2, -0.15) is 10.2 Å². The first-order valence-electron chi connectivity index (χ1n) is 7.93. The van der Waals surface area contributed by atoms with E-state index in [0.717, 1.165) is 28.2 Å². The number of allylic oxidation sites excluding steroid dienone is 1. The average molecular weight is 311 g/mol. The monoisotopic (exact) mass is 311 g/mol. The van der Waals surface area contributed by atoms with Gasteiger partial charge < -0.3 is 0 Å². The molecule has 0 saturated heterocycles. The fourth-order valence-electron chi connectivity index (χ4n) is 2.65. The maximum atomic E-state index is 4.76. The van der Waals surface area contributed by atoms with E-state index >= 15 is 0 Å². The van der Waals surface area contributed by atoms with Gasteiger partial charge in [-0.1, -0.05) is 78.9 Å². The molecule has 1 aliphatic heterocycles. The summed E-state index contributed by atoms with van der Waals surface area (Å²) in [6, 6.07) is 30.6. The molecule has 0 bridgehead atoms. The minimum Gasteiger partial charge on any atom is -0.277 e. The minimum atomic E-state index is 0.928. The van der Waals surface area contributed by atoms with Crippen LogP contribution >= 0.6 is 0 Å². The predicted octanol–water partition coefficient (Wildman–Crippen LogP) is 4.46. The molecule has 0 unspecified atom stereocenters. The van der Waals surface area contributed by atoms with Crippen molar-refractivity contribution in [1.82, 2.24) is 5.43 Å². The average Bonchev–Trinajstić information content (AvgIpc) is 2.70. The smallest absolute Gasteiger partial charge is 0.0949 e. The number of benzene rings is 3. The molecule has 1 N–H and O–H groups in total. The maximum Gasteiger partial charge on any atom is 0.0949 e. The molecule has 3 heteroatoms. The Morgan fingerprint density at radius 2 is 1.17 bits per heavy atom. The van der Waals surface area contributed by atoms with Crippen LogP contribution in [0.5, 0.6) is 0 Å². The standard InChI is InChI=1S/C21H17N3/c1-4-10-17(11-5-1)20-16-21(18-12-6-2-7-13-18)23-24(22-20)19-14-8-3-9-15-19/h1-16,22H. The van der Waals surface area contributed by atoms with Crippen LogP contribution in [0, 0.1) is 0 Å². The highest BCUT2D eigenvalue weighted by Gasteiger charge is 2.16. The Kier molecular flexibility index (Phi) is 3.82. The van der Waals surface area contributed by atoms with Crippen molar-refractivity contribution in [2.75, 3.05) is 5.12 Å². The zero-order valence-electron chi connectivity index (χ0n) is 13.1. The molecule has 0 atom stereocenters. The van der Waals surface area contributed by atoms with E-state index < -0.39 is 0 Å². The highest BCUT2D eigenvalue weighted by atomic mass is 15.7. The number of nitrogens with one attached hydrogen (secondary N) is 1. The predicted molar refractivity (Wildman–Crippen MR) is 99.5 cm³/mol. The molecule has 1 heterocycles. The highest BCUT2D eigenvalue weighted by molar-refractivity contribution is 6.13. The van der Waals surface area contributed by atoms with Gasteiger partial charge in [0, 0.05) is 5.56 Å². The van der Waals surface area contributed by atoms with E-state index in [4.69, 9.17) is 5.10 Å². The van der Waals surface area contributed by atoms with E-state index in [1.165, 1.54) is 0 Å². The van der Waals surface area contributed by atoms with Crippen LogP contribution in [0.2, 0.25) is 0 Å². The first-order valence-corrected chi connectivity index (χ1v) is 7.93. The fraction of sp³-hybridized carbons (Fsp3) is 0. The lowest BCUT2D eigenvalue weighted by Gasteiger charge is -2.27. The van der Waals surface area contributed by atoms with E-state index in [1.54, 1.807) is 0 Å². The number of anilines is 1. The lowest BCUT2D eigenvalue weighted by molar-refractivity contribution is 0.787. The Morgan fingerprint density at radius 3 is 1.79 bits per heavy atom. The Morgan fingerprint density at radius 1 is 0.625 bits per heavy atom. The molecule has 116 valence electrons. The summed E-state index contributed by atoms with van der Waals surface area (Å²) in [6.45, 7) is 0. The van der Waals surface area contributed by atoms with Gasteiger partial charge in [0.25, 0.3) is 0 Å². The summed E-state index contributed by atoms with van der Waals surface area (Å²) < 4.78 is 0. The van der Waals surface area contributed by atoms with Crippen LogP contribution in [0.25, 0.3) is 5.70 Å². The molecule has 1 aliphatic rings. The topological polar surface area (TPSA) is 27.6 Å². The molecule has 24 heavy (non-hydrogen) atoms. The second-order valence-corrected chi connectivity index (χ2v) is 5.53. The van der Waals surface area contributed by atoms with Gasteiger partial charge in [-0.15, -0.1) is 0 Å². The van der Waals surface area contributed by atoms with Crippen molar-refractivity contribution in [2.45, 2.75) is 0 Å². The molecule has 3 aromatic carbocycles. The van der Waals surface area contributed by atoms with Gasteiger partial charge >= 0.3 is 0 Å². The van der Waals surface area contributed by atoms with Crippen molar-refractivity contribution in [3.05, 3.63) is 108 Å². The molecule has 3 aromatic rings. The summed E-state index contributed by atoms with van der Waals surface area (Å²) in [5, 5.41) is 6.58. The van der Waals surface area contributed by atoms with Crippen molar-refractivity contribution in [2.24, 2.45) is 5.10 Å². The van der Waals surface area contributed by atoms with Gasteiger partial charge in [-0.3, -0.25) is 5.43 Å². The van der Waals surface area contributed by atoms with Crippen molar-refractivity contribution in [3.8, 4) is 0 Å². The van der Waals surface area contributed by atoms with E-state index in [2.05, 4.69) is 35.8 Å². The summed E-state index contributed by atoms with van der Waals surface area (Å²) in [5.74, 6) is 0. The number of nitrogens with zero attached hydrogens (tertiary/aromatic N) is 2. The molecule has 0 spiro atoms.